The Morgan fingerprint density at radius 3 is 2.39 bits per heavy atom. The second-order valence-electron chi connectivity index (χ2n) is 8.47. The number of alkyl halides is 3. The second-order valence-corrected chi connectivity index (χ2v) is 8.47. The molecule has 10 heteroatoms. The molecule has 188 valence electrons. The number of benzene rings is 1. The van der Waals surface area contributed by atoms with E-state index in [0.717, 1.165) is 53.3 Å². The van der Waals surface area contributed by atoms with Gasteiger partial charge in [-0.15, -0.1) is 0 Å². The molecule has 0 spiro atoms. The molecule has 3 aromatic rings. The Morgan fingerprint density at radius 2 is 1.75 bits per heavy atom. The van der Waals surface area contributed by atoms with Crippen LogP contribution in [0.25, 0.3) is 23.4 Å². The number of carbonyl (C=O) groups excluding carboxylic acids is 1. The highest BCUT2D eigenvalue weighted by Crippen LogP contribution is 2.25. The average molecular weight is 499 g/mol. The van der Waals surface area contributed by atoms with Gasteiger partial charge in [0.05, 0.1) is 11.3 Å². The highest BCUT2D eigenvalue weighted by molar-refractivity contribution is 5.97. The molecule has 5 rings (SSSR count). The molecule has 2 aliphatic heterocycles. The number of aromatic nitrogens is 2. The number of halogens is 3. The van der Waals surface area contributed by atoms with Crippen molar-refractivity contribution in [3.63, 3.8) is 0 Å². The van der Waals surface area contributed by atoms with E-state index < -0.39 is 12.1 Å². The predicted molar refractivity (Wildman–Crippen MR) is 131 cm³/mol. The number of hydrogen-bond donors (Lipinski definition) is 3. The number of rotatable bonds is 4. The monoisotopic (exact) mass is 498 g/mol. The maximum Gasteiger partial charge on any atom is 0.490 e. The van der Waals surface area contributed by atoms with Gasteiger partial charge in [-0.05, 0) is 54.8 Å². The number of fused-ring (bicyclic) bond motifs is 1. The van der Waals surface area contributed by atoms with Crippen LogP contribution in [0.5, 0.6) is 0 Å². The van der Waals surface area contributed by atoms with E-state index in [-0.39, 0.29) is 5.91 Å². The number of H-pyrrole nitrogens is 1. The van der Waals surface area contributed by atoms with Crippen LogP contribution in [0.3, 0.4) is 0 Å². The lowest BCUT2D eigenvalue weighted by Gasteiger charge is -2.17. The van der Waals surface area contributed by atoms with Gasteiger partial charge < -0.3 is 20.3 Å². The van der Waals surface area contributed by atoms with E-state index in [1.54, 1.807) is 0 Å². The molecule has 3 N–H and O–H groups in total. The Morgan fingerprint density at radius 1 is 1.06 bits per heavy atom. The van der Waals surface area contributed by atoms with Gasteiger partial charge in [-0.25, -0.2) is 4.79 Å². The molecule has 7 nitrogen and oxygen atoms in total. The lowest BCUT2D eigenvalue weighted by Crippen LogP contribution is -2.31. The maximum atomic E-state index is 12.0. The number of carboxylic acid groups (broad SMARTS) is 1. The molecule has 1 fully saturated rings. The fourth-order valence-corrected chi connectivity index (χ4v) is 4.11. The maximum absolute atomic E-state index is 12.0. The van der Waals surface area contributed by atoms with Crippen LogP contribution in [0, 0.1) is 0 Å². The fourth-order valence-electron chi connectivity index (χ4n) is 4.11. The predicted octanol–water partition coefficient (Wildman–Crippen LogP) is 4.77. The normalized spacial score (nSPS) is 15.3. The first kappa shape index (κ1) is 25.0. The number of amides is 1. The first-order chi connectivity index (χ1) is 17.2. The quantitative estimate of drug-likeness (QED) is 0.482. The zero-order chi connectivity index (χ0) is 25.7. The van der Waals surface area contributed by atoms with E-state index in [9.17, 15) is 18.0 Å². The van der Waals surface area contributed by atoms with Crippen LogP contribution in [0.15, 0.2) is 48.7 Å². The van der Waals surface area contributed by atoms with E-state index in [1.165, 1.54) is 18.5 Å². The highest BCUT2D eigenvalue weighted by atomic mass is 19.4. The van der Waals surface area contributed by atoms with Gasteiger partial charge in [-0.3, -0.25) is 9.78 Å². The van der Waals surface area contributed by atoms with Crippen molar-refractivity contribution in [2.24, 2.45) is 0 Å². The summed E-state index contributed by atoms with van der Waals surface area (Å²) >= 11 is 0. The van der Waals surface area contributed by atoms with E-state index in [0.29, 0.717) is 6.54 Å². The molecule has 0 bridgehead atoms. The third-order valence-corrected chi connectivity index (χ3v) is 5.95. The molecule has 0 unspecified atom stereocenters. The summed E-state index contributed by atoms with van der Waals surface area (Å²) in [6.07, 6.45) is 4.27. The number of hydrogen-bond acceptors (Lipinski definition) is 4. The minimum Gasteiger partial charge on any atom is -0.475 e. The van der Waals surface area contributed by atoms with E-state index >= 15 is 0 Å². The van der Waals surface area contributed by atoms with Gasteiger partial charge in [0.1, 0.15) is 0 Å². The first-order valence-corrected chi connectivity index (χ1v) is 11.5. The zero-order valence-corrected chi connectivity index (χ0v) is 19.3. The topological polar surface area (TPSA) is 98.3 Å². The summed E-state index contributed by atoms with van der Waals surface area (Å²) in [5.74, 6) is -2.76. The van der Waals surface area contributed by atoms with Crippen LogP contribution in [0.2, 0.25) is 0 Å². The van der Waals surface area contributed by atoms with Crippen LogP contribution >= 0.6 is 0 Å². The fraction of sp³-hybridized carbons (Fsp3) is 0.269. The molecule has 1 aromatic carbocycles. The largest absolute Gasteiger partial charge is 0.490 e. The van der Waals surface area contributed by atoms with Crippen molar-refractivity contribution < 1.29 is 27.9 Å². The van der Waals surface area contributed by atoms with E-state index in [4.69, 9.17) is 9.90 Å². The number of aromatic amines is 1. The molecule has 0 atom stereocenters. The molecule has 1 saturated heterocycles. The number of carboxylic acids is 1. The third-order valence-electron chi connectivity index (χ3n) is 5.95. The Hall–Kier alpha value is -4.08. The Labute approximate surface area is 205 Å². The summed E-state index contributed by atoms with van der Waals surface area (Å²) < 4.78 is 31.7. The summed E-state index contributed by atoms with van der Waals surface area (Å²) in [4.78, 5) is 31.2. The Bertz CT molecular complexity index is 1260. The van der Waals surface area contributed by atoms with Crippen molar-refractivity contribution in [3.8, 4) is 11.3 Å². The standard InChI is InChI=1S/C24H24N4O.C2HF3O2/c29-24-21-16-23(27-22(21)10-12-26-24)18-9-11-25-19(15-18)6-3-17-4-7-20(8-5-17)28-13-1-2-14-28;3-2(4,5)1(6)7/h3-9,11,15-16,27H,1-2,10,12-14H2,(H,26,29);(H,6,7)/b6-3+;. The van der Waals surface area contributed by atoms with Crippen LogP contribution in [0.4, 0.5) is 18.9 Å². The lowest BCUT2D eigenvalue weighted by molar-refractivity contribution is -0.192. The van der Waals surface area contributed by atoms with Crippen molar-refractivity contribution >= 4 is 29.7 Å². The molecule has 36 heavy (non-hydrogen) atoms. The van der Waals surface area contributed by atoms with Crippen LogP contribution in [-0.4, -0.2) is 52.8 Å². The van der Waals surface area contributed by atoms with Crippen molar-refractivity contribution in [2.45, 2.75) is 25.4 Å². The third kappa shape index (κ3) is 6.12. The molecular formula is C26H25F3N4O3. The number of anilines is 1. The second kappa shape index (κ2) is 10.7. The first-order valence-electron chi connectivity index (χ1n) is 11.5. The zero-order valence-electron chi connectivity index (χ0n) is 19.3. The molecule has 2 aromatic heterocycles. The number of nitrogens with one attached hydrogen (secondary N) is 2. The van der Waals surface area contributed by atoms with Gasteiger partial charge in [-0.1, -0.05) is 18.2 Å². The van der Waals surface area contributed by atoms with Crippen LogP contribution < -0.4 is 10.2 Å². The Balaban J connectivity index is 0.000000384. The van der Waals surface area contributed by atoms with Crippen LogP contribution in [-0.2, 0) is 11.2 Å². The average Bonchev–Trinajstić information content (AvgIpc) is 3.54. The summed E-state index contributed by atoms with van der Waals surface area (Å²) in [6, 6.07) is 14.7. The number of pyridine rings is 1. The van der Waals surface area contributed by atoms with Gasteiger partial charge in [0, 0.05) is 54.9 Å². The molecule has 1 amide bonds. The lowest BCUT2D eigenvalue weighted by atomic mass is 10.1. The number of carbonyl (C=O) groups is 2. The van der Waals surface area contributed by atoms with Crippen molar-refractivity contribution in [1.82, 2.24) is 15.3 Å². The van der Waals surface area contributed by atoms with Gasteiger partial charge in [-0.2, -0.15) is 13.2 Å². The van der Waals surface area contributed by atoms with Crippen LogP contribution in [0.1, 0.15) is 40.2 Å². The van der Waals surface area contributed by atoms with Gasteiger partial charge >= 0.3 is 12.1 Å². The molecule has 0 radical (unpaired) electrons. The van der Waals surface area contributed by atoms with E-state index in [2.05, 4.69) is 50.5 Å². The number of aliphatic carboxylic acids is 1. The summed E-state index contributed by atoms with van der Waals surface area (Å²) in [7, 11) is 0. The van der Waals surface area contributed by atoms with E-state index in [1.807, 2.05) is 30.5 Å². The SMILES string of the molecule is O=C(O)C(F)(F)F.O=C1NCCc2[nH]c(-c3ccnc(/C=C/c4ccc(N5CCCC5)cc4)c3)cc21. The van der Waals surface area contributed by atoms with Gasteiger partial charge in [0.15, 0.2) is 0 Å². The molecule has 4 heterocycles. The molecule has 0 aliphatic carbocycles. The minimum absolute atomic E-state index is 0.000280. The minimum atomic E-state index is -5.08. The van der Waals surface area contributed by atoms with Crippen molar-refractivity contribution in [3.05, 3.63) is 71.2 Å². The Kier molecular flexibility index (Phi) is 7.42. The molecule has 0 saturated carbocycles. The van der Waals surface area contributed by atoms with Crippen molar-refractivity contribution in [1.29, 1.82) is 0 Å². The number of nitrogens with zero attached hydrogens (tertiary/aromatic N) is 2. The highest BCUT2D eigenvalue weighted by Gasteiger charge is 2.38. The van der Waals surface area contributed by atoms with Crippen molar-refractivity contribution in [2.75, 3.05) is 24.5 Å². The van der Waals surface area contributed by atoms with Gasteiger partial charge in [0.2, 0.25) is 0 Å². The summed E-state index contributed by atoms with van der Waals surface area (Å²) in [6.45, 7) is 3.01. The van der Waals surface area contributed by atoms with Gasteiger partial charge in [0.25, 0.3) is 5.91 Å². The molecular weight excluding hydrogens is 473 g/mol. The smallest absolute Gasteiger partial charge is 0.475 e. The molecule has 2 aliphatic rings. The summed E-state index contributed by atoms with van der Waals surface area (Å²) in [5.41, 5.74) is 7.11. The summed E-state index contributed by atoms with van der Waals surface area (Å²) in [5, 5.41) is 10.0.